The minimum absolute atomic E-state index is 0. The summed E-state index contributed by atoms with van der Waals surface area (Å²) in [4.78, 5) is 10.5. The van der Waals surface area contributed by atoms with Crippen molar-refractivity contribution < 1.29 is 24.5 Å². The standard InChI is InChI=1S/C25H20NOS.C12H10N.Ir/c1-14-12-20(26-13-15(14)2)18-8-5-7-16-17-10-11-22-23(25(17)27-24(16)18)19-6-3-4-9-21(19)28-22;1-10-7-8-12(13-9-10)11-5-3-2-4-6-11;/h5,7,10-13H,3-4,6,9H2,1-2H3;2-5,7-9H,1H3;/q2*-1;. The molecule has 0 amide bonds. The minimum Gasteiger partial charge on any atom is -0.500 e. The summed E-state index contributed by atoms with van der Waals surface area (Å²) in [5.41, 5.74) is 11.0. The Bertz CT molecular complexity index is 2020. The molecule has 1 aliphatic rings. The van der Waals surface area contributed by atoms with E-state index in [-0.39, 0.29) is 20.1 Å². The van der Waals surface area contributed by atoms with Crippen LogP contribution in [0.15, 0.2) is 83.5 Å². The van der Waals surface area contributed by atoms with Crippen LogP contribution in [0.25, 0.3) is 54.5 Å². The van der Waals surface area contributed by atoms with Crippen molar-refractivity contribution in [1.82, 2.24) is 9.97 Å². The van der Waals surface area contributed by atoms with Crippen molar-refractivity contribution in [2.24, 2.45) is 0 Å². The molecule has 0 unspecified atom stereocenters. The van der Waals surface area contributed by atoms with E-state index in [1.165, 1.54) is 63.4 Å². The molecule has 0 aliphatic heterocycles. The molecule has 0 spiro atoms. The first-order valence-corrected chi connectivity index (χ1v) is 15.0. The summed E-state index contributed by atoms with van der Waals surface area (Å²) < 4.78 is 7.94. The summed E-state index contributed by atoms with van der Waals surface area (Å²) in [6, 6.07) is 29.2. The second-order valence-corrected chi connectivity index (χ2v) is 12.0. The van der Waals surface area contributed by atoms with Gasteiger partial charge in [-0.2, -0.15) is 0 Å². The van der Waals surface area contributed by atoms with Gasteiger partial charge in [-0.1, -0.05) is 40.8 Å². The maximum absolute atomic E-state index is 6.58. The molecular weight excluding hydrogens is 713 g/mol. The van der Waals surface area contributed by atoms with Crippen molar-refractivity contribution in [2.75, 3.05) is 0 Å². The molecule has 0 fully saturated rings. The average molecular weight is 743 g/mol. The van der Waals surface area contributed by atoms with E-state index in [0.717, 1.165) is 39.1 Å². The monoisotopic (exact) mass is 743 g/mol. The molecule has 3 nitrogen and oxygen atoms in total. The van der Waals surface area contributed by atoms with E-state index in [1.54, 1.807) is 4.88 Å². The predicted octanol–water partition coefficient (Wildman–Crippen LogP) is 10.0. The van der Waals surface area contributed by atoms with Crippen molar-refractivity contribution in [1.29, 1.82) is 0 Å². The molecule has 7 aromatic rings. The topological polar surface area (TPSA) is 38.9 Å². The normalized spacial score (nSPS) is 12.5. The fraction of sp³-hybridized carbons (Fsp3) is 0.189. The molecule has 0 atom stereocenters. The number of nitrogens with zero attached hydrogens (tertiary/aromatic N) is 2. The Hall–Kier alpha value is -3.63. The Morgan fingerprint density at radius 3 is 2.38 bits per heavy atom. The minimum atomic E-state index is 0. The Morgan fingerprint density at radius 2 is 1.60 bits per heavy atom. The van der Waals surface area contributed by atoms with Crippen molar-refractivity contribution in [3.8, 4) is 22.5 Å². The van der Waals surface area contributed by atoms with Crippen LogP contribution in [0, 0.1) is 32.9 Å². The zero-order chi connectivity index (χ0) is 27.9. The van der Waals surface area contributed by atoms with Gasteiger partial charge in [0.15, 0.2) is 0 Å². The fourth-order valence-corrected chi connectivity index (χ4v) is 6.97. The van der Waals surface area contributed by atoms with E-state index in [2.05, 4.69) is 66.3 Å². The van der Waals surface area contributed by atoms with E-state index >= 15 is 0 Å². The van der Waals surface area contributed by atoms with E-state index in [9.17, 15) is 0 Å². The van der Waals surface area contributed by atoms with Crippen LogP contribution < -0.4 is 0 Å². The molecule has 0 saturated carbocycles. The first-order valence-electron chi connectivity index (χ1n) is 14.2. The van der Waals surface area contributed by atoms with Crippen LogP contribution in [0.4, 0.5) is 0 Å². The number of hydrogen-bond donors (Lipinski definition) is 0. The molecule has 0 N–H and O–H groups in total. The van der Waals surface area contributed by atoms with Gasteiger partial charge in [-0.3, -0.25) is 0 Å². The summed E-state index contributed by atoms with van der Waals surface area (Å²) in [5.74, 6) is 0. The second-order valence-electron chi connectivity index (χ2n) is 10.9. The largest absolute Gasteiger partial charge is 0.500 e. The molecule has 1 radical (unpaired) electrons. The van der Waals surface area contributed by atoms with Gasteiger partial charge in [0.1, 0.15) is 5.58 Å². The number of pyridine rings is 2. The van der Waals surface area contributed by atoms with Gasteiger partial charge in [-0.05, 0) is 80.6 Å². The summed E-state index contributed by atoms with van der Waals surface area (Å²) in [6.45, 7) is 6.25. The third-order valence-electron chi connectivity index (χ3n) is 8.04. The van der Waals surface area contributed by atoms with Gasteiger partial charge in [0.25, 0.3) is 0 Å². The molecule has 8 rings (SSSR count). The third-order valence-corrected chi connectivity index (χ3v) is 9.30. The SMILES string of the molecule is Cc1ccc(-c2[c-]cccc2)nc1.Cc1cnc(-c2[c-]ccc3c2oc2c3ccc3sc4c(c32)CCCC4)cc1C.[Ir]. The Kier molecular flexibility index (Phi) is 8.09. The summed E-state index contributed by atoms with van der Waals surface area (Å²) in [7, 11) is 0. The van der Waals surface area contributed by atoms with Gasteiger partial charge < -0.3 is 14.4 Å². The van der Waals surface area contributed by atoms with Gasteiger partial charge in [0.2, 0.25) is 0 Å². The van der Waals surface area contributed by atoms with Gasteiger partial charge in [-0.15, -0.1) is 65.4 Å². The summed E-state index contributed by atoms with van der Waals surface area (Å²) >= 11 is 1.95. The quantitative estimate of drug-likeness (QED) is 0.166. The zero-order valence-electron chi connectivity index (χ0n) is 23.9. The Morgan fingerprint density at radius 1 is 0.762 bits per heavy atom. The second kappa shape index (κ2) is 11.9. The van der Waals surface area contributed by atoms with Gasteiger partial charge >= 0.3 is 0 Å². The van der Waals surface area contributed by atoms with E-state index < -0.39 is 0 Å². The van der Waals surface area contributed by atoms with Crippen LogP contribution >= 0.6 is 11.3 Å². The Labute approximate surface area is 264 Å². The molecule has 3 aromatic carbocycles. The smallest absolute Gasteiger partial charge is 0.129 e. The number of benzene rings is 3. The fourth-order valence-electron chi connectivity index (χ4n) is 5.68. The third kappa shape index (κ3) is 5.22. The predicted molar refractivity (Wildman–Crippen MR) is 171 cm³/mol. The van der Waals surface area contributed by atoms with E-state index in [1.807, 2.05) is 67.1 Å². The number of fused-ring (bicyclic) bond motifs is 7. The molecule has 0 saturated heterocycles. The number of rotatable bonds is 2. The molecule has 0 bridgehead atoms. The molecule has 5 heteroatoms. The molecule has 4 heterocycles. The van der Waals surface area contributed by atoms with Gasteiger partial charge in [0.05, 0.1) is 5.58 Å². The van der Waals surface area contributed by atoms with Crippen LogP contribution in [0.5, 0.6) is 0 Å². The van der Waals surface area contributed by atoms with E-state index in [4.69, 9.17) is 4.42 Å². The summed E-state index contributed by atoms with van der Waals surface area (Å²) in [6.07, 6.45) is 8.77. The van der Waals surface area contributed by atoms with Crippen molar-refractivity contribution >= 4 is 43.4 Å². The number of aryl methyl sites for hydroxylation is 5. The molecule has 42 heavy (non-hydrogen) atoms. The number of aromatic nitrogens is 2. The van der Waals surface area contributed by atoms with E-state index in [0.29, 0.717) is 0 Å². The van der Waals surface area contributed by atoms with Crippen LogP contribution in [0.3, 0.4) is 0 Å². The average Bonchev–Trinajstić information content (AvgIpc) is 3.58. The molecular formula is C37H30IrN2OS-2. The number of thiophene rings is 1. The van der Waals surface area contributed by atoms with Crippen molar-refractivity contribution in [3.63, 3.8) is 0 Å². The molecule has 1 aliphatic carbocycles. The van der Waals surface area contributed by atoms with Crippen LogP contribution in [0.1, 0.15) is 40.0 Å². The van der Waals surface area contributed by atoms with Gasteiger partial charge in [-0.25, -0.2) is 0 Å². The van der Waals surface area contributed by atoms with Crippen molar-refractivity contribution in [3.05, 3.63) is 118 Å². The number of furan rings is 1. The van der Waals surface area contributed by atoms with Crippen LogP contribution in [0.2, 0.25) is 0 Å². The molecule has 4 aromatic heterocycles. The van der Waals surface area contributed by atoms with Crippen LogP contribution in [-0.4, -0.2) is 9.97 Å². The first kappa shape index (κ1) is 28.5. The maximum atomic E-state index is 6.58. The zero-order valence-corrected chi connectivity index (χ0v) is 27.1. The maximum Gasteiger partial charge on any atom is 0.129 e. The summed E-state index contributed by atoms with van der Waals surface area (Å²) in [5, 5.41) is 3.70. The van der Waals surface area contributed by atoms with Crippen molar-refractivity contribution in [2.45, 2.75) is 46.5 Å². The molecule has 211 valence electrons. The van der Waals surface area contributed by atoms with Gasteiger partial charge in [0, 0.05) is 52.8 Å². The first-order chi connectivity index (χ1) is 20.1. The Balaban J connectivity index is 0.000000191. The number of hydrogen-bond acceptors (Lipinski definition) is 4. The van der Waals surface area contributed by atoms with Crippen LogP contribution in [-0.2, 0) is 32.9 Å².